The van der Waals surface area contributed by atoms with Crippen molar-refractivity contribution in [3.05, 3.63) is 70.8 Å². The van der Waals surface area contributed by atoms with Crippen molar-refractivity contribution in [2.45, 2.75) is 51.6 Å². The molecule has 1 heterocycles. The molecule has 2 aromatic rings. The van der Waals surface area contributed by atoms with Crippen LogP contribution in [0.15, 0.2) is 48.5 Å². The third-order valence-electron chi connectivity index (χ3n) is 4.80. The van der Waals surface area contributed by atoms with Crippen LogP contribution in [0.2, 0.25) is 0 Å². The number of esters is 1. The Morgan fingerprint density at radius 3 is 2.00 bits per heavy atom. The molecule has 1 aliphatic heterocycles. The van der Waals surface area contributed by atoms with E-state index in [1.807, 2.05) is 69.3 Å². The van der Waals surface area contributed by atoms with Crippen molar-refractivity contribution in [1.82, 2.24) is 0 Å². The van der Waals surface area contributed by atoms with Gasteiger partial charge in [-0.2, -0.15) is 0 Å². The fourth-order valence-corrected chi connectivity index (χ4v) is 3.28. The Morgan fingerprint density at radius 2 is 1.48 bits per heavy atom. The number of cyclic esters (lactones) is 1. The van der Waals surface area contributed by atoms with Crippen molar-refractivity contribution in [1.29, 1.82) is 0 Å². The van der Waals surface area contributed by atoms with Crippen molar-refractivity contribution in [2.24, 2.45) is 0 Å². The summed E-state index contributed by atoms with van der Waals surface area (Å²) in [7, 11) is 0. The average Bonchev–Trinajstić information content (AvgIpc) is 2.62. The van der Waals surface area contributed by atoms with Crippen molar-refractivity contribution >= 4 is 5.97 Å². The summed E-state index contributed by atoms with van der Waals surface area (Å²) in [5, 5.41) is 10.2. The molecular formula is C21H24O4. The lowest BCUT2D eigenvalue weighted by Gasteiger charge is -2.38. The van der Waals surface area contributed by atoms with Crippen LogP contribution in [0.25, 0.3) is 0 Å². The van der Waals surface area contributed by atoms with Crippen LogP contribution in [0, 0.1) is 13.8 Å². The highest BCUT2D eigenvalue weighted by atomic mass is 16.6. The average molecular weight is 340 g/mol. The normalized spacial score (nSPS) is 24.6. The molecule has 0 aromatic heterocycles. The Balaban J connectivity index is 2.05. The minimum absolute atomic E-state index is 0.426. The van der Waals surface area contributed by atoms with Crippen molar-refractivity contribution in [3.8, 4) is 0 Å². The first-order valence-corrected chi connectivity index (χ1v) is 8.68. The Hall–Kier alpha value is -2.17. The van der Waals surface area contributed by atoms with Gasteiger partial charge >= 0.3 is 5.97 Å². The van der Waals surface area contributed by atoms with Crippen molar-refractivity contribution < 1.29 is 19.4 Å². The summed E-state index contributed by atoms with van der Waals surface area (Å²) in [5.41, 5.74) is 4.00. The van der Waals surface area contributed by atoms with Gasteiger partial charge in [-0.05, 0) is 42.5 Å². The second-order valence-electron chi connectivity index (χ2n) is 6.52. The SMILES string of the molecule is CC[C@H](O)[C@@H]1O[C@@H](c2ccccc2C)[C@H](c2ccccc2C)OC1=O. The first-order chi connectivity index (χ1) is 12.0. The molecule has 4 atom stereocenters. The highest BCUT2D eigenvalue weighted by Crippen LogP contribution is 2.42. The van der Waals surface area contributed by atoms with E-state index in [-0.39, 0.29) is 0 Å². The summed E-state index contributed by atoms with van der Waals surface area (Å²) in [5.74, 6) is -0.507. The van der Waals surface area contributed by atoms with Gasteiger partial charge in [0.1, 0.15) is 6.10 Å². The number of aliphatic hydroxyl groups excluding tert-OH is 1. The van der Waals surface area contributed by atoms with Crippen LogP contribution in [0.1, 0.15) is 47.8 Å². The Kier molecular flexibility index (Phi) is 5.21. The molecule has 132 valence electrons. The smallest absolute Gasteiger partial charge is 0.338 e. The molecule has 0 unspecified atom stereocenters. The maximum Gasteiger partial charge on any atom is 0.338 e. The summed E-state index contributed by atoms with van der Waals surface area (Å²) in [6.45, 7) is 5.82. The molecule has 1 fully saturated rings. The number of hydrogen-bond acceptors (Lipinski definition) is 4. The Bertz CT molecular complexity index is 755. The number of carbonyl (C=O) groups is 1. The fraction of sp³-hybridized carbons (Fsp3) is 0.381. The summed E-state index contributed by atoms with van der Waals surface area (Å²) in [4.78, 5) is 12.4. The van der Waals surface area contributed by atoms with E-state index in [0.29, 0.717) is 6.42 Å². The molecule has 1 aliphatic rings. The van der Waals surface area contributed by atoms with E-state index in [1.54, 1.807) is 0 Å². The van der Waals surface area contributed by atoms with Crippen LogP contribution in [0.4, 0.5) is 0 Å². The van der Waals surface area contributed by atoms with E-state index in [4.69, 9.17) is 9.47 Å². The molecule has 4 heteroatoms. The number of aryl methyl sites for hydroxylation is 2. The van der Waals surface area contributed by atoms with Crippen LogP contribution >= 0.6 is 0 Å². The van der Waals surface area contributed by atoms with Crippen LogP contribution < -0.4 is 0 Å². The van der Waals surface area contributed by atoms with Gasteiger partial charge in [0, 0.05) is 0 Å². The third kappa shape index (κ3) is 3.46. The minimum Gasteiger partial charge on any atom is -0.452 e. The van der Waals surface area contributed by atoms with Crippen molar-refractivity contribution in [3.63, 3.8) is 0 Å². The molecule has 0 aliphatic carbocycles. The Labute approximate surface area is 148 Å². The van der Waals surface area contributed by atoms with E-state index in [1.165, 1.54) is 0 Å². The van der Waals surface area contributed by atoms with Gasteiger partial charge < -0.3 is 14.6 Å². The number of benzene rings is 2. The van der Waals surface area contributed by atoms with Gasteiger partial charge in [-0.1, -0.05) is 55.5 Å². The standard InChI is InChI=1S/C21H24O4/c1-4-17(22)20-21(23)25-19(16-12-8-6-10-14(16)3)18(24-20)15-11-7-5-9-13(15)2/h5-12,17-20,22H,4H2,1-3H3/t17-,18-,19-,20-/m0/s1. The largest absolute Gasteiger partial charge is 0.452 e. The lowest BCUT2D eigenvalue weighted by molar-refractivity contribution is -0.216. The summed E-state index contributed by atoms with van der Waals surface area (Å²) in [6.07, 6.45) is -2.40. The van der Waals surface area contributed by atoms with Gasteiger partial charge in [0.25, 0.3) is 0 Å². The first-order valence-electron chi connectivity index (χ1n) is 8.68. The van der Waals surface area contributed by atoms with E-state index < -0.39 is 30.4 Å². The number of carbonyl (C=O) groups excluding carboxylic acids is 1. The zero-order chi connectivity index (χ0) is 18.0. The highest BCUT2D eigenvalue weighted by Gasteiger charge is 2.43. The minimum atomic E-state index is -0.963. The van der Waals surface area contributed by atoms with Gasteiger partial charge in [-0.25, -0.2) is 4.79 Å². The van der Waals surface area contributed by atoms with Crippen LogP contribution in [0.5, 0.6) is 0 Å². The maximum absolute atomic E-state index is 12.4. The topological polar surface area (TPSA) is 55.8 Å². The van der Waals surface area contributed by atoms with E-state index in [2.05, 4.69) is 0 Å². The third-order valence-corrected chi connectivity index (χ3v) is 4.80. The lowest BCUT2D eigenvalue weighted by atomic mass is 9.91. The zero-order valence-electron chi connectivity index (χ0n) is 14.8. The van der Waals surface area contributed by atoms with Gasteiger partial charge in [0.15, 0.2) is 12.2 Å². The van der Waals surface area contributed by atoms with Gasteiger partial charge in [0.05, 0.1) is 6.10 Å². The molecule has 3 rings (SSSR count). The molecule has 0 amide bonds. The molecular weight excluding hydrogens is 316 g/mol. The molecule has 0 spiro atoms. The van der Waals surface area contributed by atoms with E-state index in [0.717, 1.165) is 22.3 Å². The molecule has 0 saturated carbocycles. The predicted molar refractivity (Wildman–Crippen MR) is 95.1 cm³/mol. The predicted octanol–water partition coefficient (Wildman–Crippen LogP) is 3.80. The number of hydrogen-bond donors (Lipinski definition) is 1. The van der Waals surface area contributed by atoms with E-state index >= 15 is 0 Å². The fourth-order valence-electron chi connectivity index (χ4n) is 3.28. The van der Waals surface area contributed by atoms with Crippen LogP contribution in [-0.2, 0) is 14.3 Å². The molecule has 0 bridgehead atoms. The summed E-state index contributed by atoms with van der Waals surface area (Å²) in [6, 6.07) is 15.7. The lowest BCUT2D eigenvalue weighted by Crippen LogP contribution is -2.45. The number of ether oxygens (including phenoxy) is 2. The molecule has 25 heavy (non-hydrogen) atoms. The van der Waals surface area contributed by atoms with Gasteiger partial charge in [-0.15, -0.1) is 0 Å². The second-order valence-corrected chi connectivity index (χ2v) is 6.52. The molecule has 0 radical (unpaired) electrons. The van der Waals surface area contributed by atoms with Gasteiger partial charge in [-0.3, -0.25) is 0 Å². The Morgan fingerprint density at radius 1 is 0.960 bits per heavy atom. The second kappa shape index (κ2) is 7.38. The first kappa shape index (κ1) is 17.6. The zero-order valence-corrected chi connectivity index (χ0v) is 14.8. The quantitative estimate of drug-likeness (QED) is 0.860. The van der Waals surface area contributed by atoms with Crippen LogP contribution in [0.3, 0.4) is 0 Å². The molecule has 2 aromatic carbocycles. The van der Waals surface area contributed by atoms with E-state index in [9.17, 15) is 9.90 Å². The number of rotatable bonds is 4. The monoisotopic (exact) mass is 340 g/mol. The molecule has 1 saturated heterocycles. The molecule has 4 nitrogen and oxygen atoms in total. The highest BCUT2D eigenvalue weighted by molar-refractivity contribution is 5.76. The maximum atomic E-state index is 12.4. The summed E-state index contributed by atoms with van der Waals surface area (Å²) >= 11 is 0. The van der Waals surface area contributed by atoms with Gasteiger partial charge in [0.2, 0.25) is 0 Å². The van der Waals surface area contributed by atoms with Crippen molar-refractivity contribution in [2.75, 3.05) is 0 Å². The summed E-state index contributed by atoms with van der Waals surface area (Å²) < 4.78 is 11.9. The number of aliphatic hydroxyl groups is 1. The molecule has 1 N–H and O–H groups in total. The van der Waals surface area contributed by atoms with Crippen LogP contribution in [-0.4, -0.2) is 23.3 Å².